The highest BCUT2D eigenvalue weighted by Crippen LogP contribution is 2.33. The van der Waals surface area contributed by atoms with Crippen LogP contribution in [0.15, 0.2) is 66.7 Å². The van der Waals surface area contributed by atoms with E-state index in [0.717, 1.165) is 48.9 Å². The van der Waals surface area contributed by atoms with Crippen molar-refractivity contribution in [2.45, 2.75) is 46.3 Å². The minimum atomic E-state index is -0.303. The van der Waals surface area contributed by atoms with Gasteiger partial charge in [0.1, 0.15) is 5.82 Å². The summed E-state index contributed by atoms with van der Waals surface area (Å²) in [4.78, 5) is 14.4. The van der Waals surface area contributed by atoms with Crippen LogP contribution in [0.3, 0.4) is 0 Å². The maximum absolute atomic E-state index is 14.3. The van der Waals surface area contributed by atoms with Crippen molar-refractivity contribution in [3.8, 4) is 0 Å². The Morgan fingerprint density at radius 3 is 2.31 bits per heavy atom. The van der Waals surface area contributed by atoms with Crippen LogP contribution in [0.2, 0.25) is 0 Å². The van der Waals surface area contributed by atoms with Crippen LogP contribution in [0.5, 0.6) is 0 Å². The molecule has 3 aromatic carbocycles. The number of ether oxygens (including phenoxy) is 1. The van der Waals surface area contributed by atoms with Crippen LogP contribution in [0.25, 0.3) is 10.9 Å². The Morgan fingerprint density at radius 1 is 0.914 bits per heavy atom. The van der Waals surface area contributed by atoms with Gasteiger partial charge in [0, 0.05) is 49.2 Å². The fourth-order valence-electron chi connectivity index (χ4n) is 5.08. The molecule has 0 unspecified atom stereocenters. The van der Waals surface area contributed by atoms with Gasteiger partial charge in [-0.1, -0.05) is 43.3 Å². The number of hydrogen-bond acceptors (Lipinski definition) is 3. The van der Waals surface area contributed by atoms with Crippen molar-refractivity contribution >= 4 is 16.9 Å². The van der Waals surface area contributed by atoms with Gasteiger partial charge in [0.05, 0.1) is 12.2 Å². The Morgan fingerprint density at radius 2 is 1.60 bits per heavy atom. The zero-order chi connectivity index (χ0) is 24.4. The summed E-state index contributed by atoms with van der Waals surface area (Å²) < 4.78 is 21.7. The molecule has 1 aromatic heterocycles. The largest absolute Gasteiger partial charge is 0.462 e. The molecule has 0 N–H and O–H groups in total. The Bertz CT molecular complexity index is 1340. The molecule has 4 nitrogen and oxygen atoms in total. The van der Waals surface area contributed by atoms with Gasteiger partial charge in [-0.15, -0.1) is 0 Å². The number of rotatable bonds is 7. The molecule has 5 rings (SSSR count). The smallest absolute Gasteiger partial charge is 0.338 e. The number of esters is 1. The van der Waals surface area contributed by atoms with Gasteiger partial charge in [-0.25, -0.2) is 9.18 Å². The molecule has 0 fully saturated rings. The van der Waals surface area contributed by atoms with Crippen molar-refractivity contribution in [3.05, 3.63) is 106 Å². The highest BCUT2D eigenvalue weighted by molar-refractivity contribution is 5.89. The average Bonchev–Trinajstić information content (AvgIpc) is 3.17. The number of nitrogens with zero attached hydrogens (tertiary/aromatic N) is 2. The van der Waals surface area contributed by atoms with E-state index in [2.05, 4.69) is 40.7 Å². The molecule has 0 bridgehead atoms. The third-order valence-electron chi connectivity index (χ3n) is 6.94. The molecule has 0 radical (unpaired) electrons. The highest BCUT2D eigenvalue weighted by Gasteiger charge is 2.24. The van der Waals surface area contributed by atoms with Crippen LogP contribution < -0.4 is 0 Å². The van der Waals surface area contributed by atoms with E-state index in [4.69, 9.17) is 4.74 Å². The minimum absolute atomic E-state index is 0.205. The predicted octanol–water partition coefficient (Wildman–Crippen LogP) is 6.13. The molecule has 2 heterocycles. The van der Waals surface area contributed by atoms with E-state index in [0.29, 0.717) is 18.7 Å². The van der Waals surface area contributed by atoms with Gasteiger partial charge in [0.15, 0.2) is 0 Å². The van der Waals surface area contributed by atoms with E-state index < -0.39 is 0 Å². The molecule has 180 valence electrons. The van der Waals surface area contributed by atoms with Crippen molar-refractivity contribution in [2.24, 2.45) is 0 Å². The second kappa shape index (κ2) is 10.0. The van der Waals surface area contributed by atoms with Crippen LogP contribution >= 0.6 is 0 Å². The Balaban J connectivity index is 1.42. The van der Waals surface area contributed by atoms with E-state index in [-0.39, 0.29) is 11.8 Å². The SMILES string of the molecule is CCOC(=O)c1ccc(Cn2c3c(c4cc(F)ccc42)CN(Cc2ccc(CC)cc2)CC3)cc1. The molecule has 4 aromatic rings. The molecule has 0 amide bonds. The van der Waals surface area contributed by atoms with Crippen LogP contribution in [0, 0.1) is 5.82 Å². The fraction of sp³-hybridized carbons (Fsp3) is 0.300. The number of carbonyl (C=O) groups is 1. The zero-order valence-corrected chi connectivity index (χ0v) is 20.4. The topological polar surface area (TPSA) is 34.5 Å². The Labute approximate surface area is 205 Å². The first-order chi connectivity index (χ1) is 17.1. The Hall–Kier alpha value is -3.44. The lowest BCUT2D eigenvalue weighted by Crippen LogP contribution is -2.30. The lowest BCUT2D eigenvalue weighted by atomic mass is 10.0. The number of hydrogen-bond donors (Lipinski definition) is 0. The van der Waals surface area contributed by atoms with Gasteiger partial charge < -0.3 is 9.30 Å². The van der Waals surface area contributed by atoms with Crippen LogP contribution in [0.4, 0.5) is 4.39 Å². The highest BCUT2D eigenvalue weighted by atomic mass is 19.1. The standard InChI is InChI=1S/C30H31FN2O2/c1-3-21-5-7-22(8-6-21)18-32-16-15-29-27(20-32)26-17-25(31)13-14-28(26)33(29)19-23-9-11-24(12-10-23)30(34)35-4-2/h5-14,17H,3-4,15-16,18-20H2,1-2H3. The lowest BCUT2D eigenvalue weighted by molar-refractivity contribution is 0.0526. The summed E-state index contributed by atoms with van der Waals surface area (Å²) in [6, 6.07) is 21.5. The first-order valence-electron chi connectivity index (χ1n) is 12.4. The van der Waals surface area contributed by atoms with Gasteiger partial charge in [-0.2, -0.15) is 0 Å². The summed E-state index contributed by atoms with van der Waals surface area (Å²) in [6.07, 6.45) is 1.96. The summed E-state index contributed by atoms with van der Waals surface area (Å²) in [5.74, 6) is -0.508. The maximum atomic E-state index is 14.3. The predicted molar refractivity (Wildman–Crippen MR) is 137 cm³/mol. The van der Waals surface area contributed by atoms with Crippen molar-refractivity contribution in [1.29, 1.82) is 0 Å². The third kappa shape index (κ3) is 4.87. The average molecular weight is 471 g/mol. The van der Waals surface area contributed by atoms with E-state index in [1.165, 1.54) is 22.4 Å². The van der Waals surface area contributed by atoms with Crippen molar-refractivity contribution in [2.75, 3.05) is 13.2 Å². The normalized spacial score (nSPS) is 13.7. The fourth-order valence-corrected chi connectivity index (χ4v) is 5.08. The molecule has 35 heavy (non-hydrogen) atoms. The van der Waals surface area contributed by atoms with Crippen molar-refractivity contribution < 1.29 is 13.9 Å². The first-order valence-corrected chi connectivity index (χ1v) is 12.4. The molecule has 0 spiro atoms. The molecule has 0 atom stereocenters. The molecule has 0 aliphatic carbocycles. The molecule has 1 aliphatic rings. The van der Waals surface area contributed by atoms with Crippen LogP contribution in [-0.4, -0.2) is 28.6 Å². The zero-order valence-electron chi connectivity index (χ0n) is 20.4. The number of fused-ring (bicyclic) bond motifs is 3. The lowest BCUT2D eigenvalue weighted by Gasteiger charge is -2.28. The van der Waals surface area contributed by atoms with Gasteiger partial charge in [-0.05, 0) is 65.9 Å². The van der Waals surface area contributed by atoms with Gasteiger partial charge in [0.2, 0.25) is 0 Å². The van der Waals surface area contributed by atoms with Crippen LogP contribution in [-0.2, 0) is 37.2 Å². The number of carbonyl (C=O) groups excluding carboxylic acids is 1. The van der Waals surface area contributed by atoms with E-state index in [1.54, 1.807) is 19.1 Å². The van der Waals surface area contributed by atoms with Crippen molar-refractivity contribution in [3.63, 3.8) is 0 Å². The van der Waals surface area contributed by atoms with Gasteiger partial charge in [0.25, 0.3) is 0 Å². The van der Waals surface area contributed by atoms with Gasteiger partial charge in [-0.3, -0.25) is 4.90 Å². The summed E-state index contributed by atoms with van der Waals surface area (Å²) >= 11 is 0. The van der Waals surface area contributed by atoms with E-state index in [1.807, 2.05) is 30.3 Å². The second-order valence-corrected chi connectivity index (χ2v) is 9.22. The maximum Gasteiger partial charge on any atom is 0.338 e. The summed E-state index contributed by atoms with van der Waals surface area (Å²) in [7, 11) is 0. The third-order valence-corrected chi connectivity index (χ3v) is 6.94. The Kier molecular flexibility index (Phi) is 6.69. The number of aromatic nitrogens is 1. The number of aryl methyl sites for hydroxylation is 1. The second-order valence-electron chi connectivity index (χ2n) is 9.22. The van der Waals surface area contributed by atoms with Crippen LogP contribution in [0.1, 0.15) is 52.2 Å². The molecule has 0 saturated heterocycles. The minimum Gasteiger partial charge on any atom is -0.462 e. The number of benzene rings is 3. The molecule has 0 saturated carbocycles. The molecular formula is C30H31FN2O2. The summed E-state index contributed by atoms with van der Waals surface area (Å²) in [6.45, 7) is 7.67. The summed E-state index contributed by atoms with van der Waals surface area (Å²) in [5.41, 5.74) is 7.86. The first kappa shape index (κ1) is 23.3. The quantitative estimate of drug-likeness (QED) is 0.305. The number of halogens is 1. The van der Waals surface area contributed by atoms with Gasteiger partial charge >= 0.3 is 5.97 Å². The van der Waals surface area contributed by atoms with E-state index in [9.17, 15) is 9.18 Å². The van der Waals surface area contributed by atoms with E-state index >= 15 is 0 Å². The molecule has 1 aliphatic heterocycles. The molecular weight excluding hydrogens is 439 g/mol. The van der Waals surface area contributed by atoms with Crippen molar-refractivity contribution in [1.82, 2.24) is 9.47 Å². The molecule has 5 heteroatoms. The monoisotopic (exact) mass is 470 g/mol. The summed E-state index contributed by atoms with van der Waals surface area (Å²) in [5, 5.41) is 0.995.